The number of hydrogen-bond donors (Lipinski definition) is 0. The van der Waals surface area contributed by atoms with Crippen LogP contribution >= 0.6 is 19.0 Å². The molecule has 0 saturated carbocycles. The second-order valence-electron chi connectivity index (χ2n) is 0.637. The Bertz CT molecular complexity index is 17.1. The predicted molar refractivity (Wildman–Crippen MR) is 34.8 cm³/mol. The van der Waals surface area contributed by atoms with E-state index in [1.807, 2.05) is 11.2 Å². The molecule has 0 aromatic heterocycles. The molecule has 0 saturated heterocycles. The van der Waals surface area contributed by atoms with Crippen LogP contribution in [0.3, 0.4) is 0 Å². The van der Waals surface area contributed by atoms with Crippen molar-refractivity contribution in [3.63, 3.8) is 0 Å². The SMILES string of the molecule is CBSPC. The summed E-state index contributed by atoms with van der Waals surface area (Å²) in [4.78, 5) is 0. The Hall–Kier alpha value is 0.845. The van der Waals surface area contributed by atoms with Crippen molar-refractivity contribution in [2.24, 2.45) is 0 Å². The summed E-state index contributed by atoms with van der Waals surface area (Å²) in [6.07, 6.45) is 0. The van der Waals surface area contributed by atoms with Crippen LogP contribution in [0, 0.1) is 0 Å². The summed E-state index contributed by atoms with van der Waals surface area (Å²) in [6.45, 7) is 5.66. The van der Waals surface area contributed by atoms with Crippen LogP contribution in [-0.2, 0) is 0 Å². The van der Waals surface area contributed by atoms with E-state index in [1.54, 1.807) is 0 Å². The smallest absolute Gasteiger partial charge is 0.192 e. The molecular weight excluding hydrogens is 97.9 g/mol. The van der Waals surface area contributed by atoms with Gasteiger partial charge in [-0.25, -0.2) is 0 Å². The van der Waals surface area contributed by atoms with Gasteiger partial charge in [-0.1, -0.05) is 14.6 Å². The fraction of sp³-hybridized carbons (Fsp3) is 1.00. The second-order valence-corrected chi connectivity index (χ2v) is 4.00. The van der Waals surface area contributed by atoms with Crippen LogP contribution in [0.15, 0.2) is 0 Å². The highest BCUT2D eigenvalue weighted by atomic mass is 32.7. The molecule has 0 fully saturated rings. The third-order valence-electron chi connectivity index (χ3n) is 0.289. The Morgan fingerprint density at radius 2 is 2.40 bits per heavy atom. The lowest BCUT2D eigenvalue weighted by Crippen LogP contribution is -1.56. The number of hydrogen-bond acceptors (Lipinski definition) is 1. The van der Waals surface area contributed by atoms with Gasteiger partial charge in [-0.2, -0.15) is 11.2 Å². The zero-order valence-electron chi connectivity index (χ0n) is 3.62. The fourth-order valence-corrected chi connectivity index (χ4v) is 1.30. The molecule has 0 rings (SSSR count). The van der Waals surface area contributed by atoms with Crippen molar-refractivity contribution in [3.05, 3.63) is 0 Å². The van der Waals surface area contributed by atoms with E-state index in [0.29, 0.717) is 0 Å². The molecule has 0 heterocycles. The van der Waals surface area contributed by atoms with E-state index in [2.05, 4.69) is 13.5 Å². The maximum Gasteiger partial charge on any atom is 0.194 e. The topological polar surface area (TPSA) is 0 Å². The van der Waals surface area contributed by atoms with Gasteiger partial charge in [0, 0.05) is 0 Å². The summed E-state index contributed by atoms with van der Waals surface area (Å²) < 4.78 is 0. The van der Waals surface area contributed by atoms with E-state index in [4.69, 9.17) is 0 Å². The van der Waals surface area contributed by atoms with Gasteiger partial charge in [0.05, 0.1) is 0 Å². The molecule has 0 aromatic rings. The summed E-state index contributed by atoms with van der Waals surface area (Å²) in [5.74, 6) is 0. The Morgan fingerprint density at radius 3 is 2.40 bits per heavy atom. The quantitative estimate of drug-likeness (QED) is 0.378. The lowest BCUT2D eigenvalue weighted by molar-refractivity contribution is 2.38. The monoisotopic (exact) mass is 106 g/mol. The molecule has 0 N–H and O–H groups in total. The lowest BCUT2D eigenvalue weighted by atomic mass is 10.2. The first-order valence-electron chi connectivity index (χ1n) is 1.70. The minimum absolute atomic E-state index is 1.07. The van der Waals surface area contributed by atoms with E-state index in [1.165, 1.54) is 6.56 Å². The summed E-state index contributed by atoms with van der Waals surface area (Å²) >= 11 is 1.99. The minimum atomic E-state index is 1.07. The molecule has 0 bridgehead atoms. The van der Waals surface area contributed by atoms with Gasteiger partial charge < -0.3 is 0 Å². The van der Waals surface area contributed by atoms with Crippen LogP contribution in [0.25, 0.3) is 0 Å². The Morgan fingerprint density at radius 1 is 1.80 bits per heavy atom. The Labute approximate surface area is 39.8 Å². The first-order valence-corrected chi connectivity index (χ1v) is 4.91. The largest absolute Gasteiger partial charge is 0.194 e. The van der Waals surface area contributed by atoms with Crippen molar-refractivity contribution >= 4 is 25.6 Å². The predicted octanol–water partition coefficient (Wildman–Crippen LogP) is 1.34. The van der Waals surface area contributed by atoms with Crippen molar-refractivity contribution < 1.29 is 0 Å². The van der Waals surface area contributed by atoms with Crippen LogP contribution < -0.4 is 0 Å². The first kappa shape index (κ1) is 5.84. The third kappa shape index (κ3) is 4.84. The van der Waals surface area contributed by atoms with E-state index in [0.717, 1.165) is 7.78 Å². The number of rotatable bonds is 2. The maximum atomic E-state index is 2.20. The van der Waals surface area contributed by atoms with Gasteiger partial charge in [0.2, 0.25) is 0 Å². The Kier molecular flexibility index (Phi) is 5.66. The molecule has 0 aliphatic rings. The second kappa shape index (κ2) is 4.84. The molecule has 0 spiro atoms. The van der Waals surface area contributed by atoms with Crippen LogP contribution in [-0.4, -0.2) is 13.2 Å². The van der Waals surface area contributed by atoms with Crippen molar-refractivity contribution in [3.8, 4) is 0 Å². The summed E-state index contributed by atoms with van der Waals surface area (Å²) in [5, 5.41) is 0. The van der Waals surface area contributed by atoms with Gasteiger partial charge in [-0.15, -0.1) is 0 Å². The highest BCUT2D eigenvalue weighted by Crippen LogP contribution is 2.21. The molecule has 0 aliphatic carbocycles. The summed E-state index contributed by atoms with van der Waals surface area (Å²) in [5.41, 5.74) is 0. The molecule has 0 radical (unpaired) electrons. The first-order chi connectivity index (χ1) is 2.41. The molecule has 1 unspecified atom stereocenters. The van der Waals surface area contributed by atoms with Crippen LogP contribution in [0.5, 0.6) is 0 Å². The molecule has 3 heteroatoms. The molecule has 0 aliphatic heterocycles. The van der Waals surface area contributed by atoms with Crippen molar-refractivity contribution in [1.29, 1.82) is 0 Å². The van der Waals surface area contributed by atoms with E-state index in [-0.39, 0.29) is 0 Å². The minimum Gasteiger partial charge on any atom is -0.192 e. The van der Waals surface area contributed by atoms with Crippen molar-refractivity contribution in [2.45, 2.75) is 6.82 Å². The molecule has 0 amide bonds. The van der Waals surface area contributed by atoms with Gasteiger partial charge in [0.15, 0.2) is 6.56 Å². The average molecular weight is 106 g/mol. The van der Waals surface area contributed by atoms with Crippen LogP contribution in [0.1, 0.15) is 0 Å². The summed E-state index contributed by atoms with van der Waals surface area (Å²) in [7, 11) is 1.07. The molecule has 0 aromatic carbocycles. The molecule has 30 valence electrons. The van der Waals surface area contributed by atoms with E-state index < -0.39 is 0 Å². The highest BCUT2D eigenvalue weighted by molar-refractivity contribution is 8.62. The standard InChI is InChI=1S/C2H8BPS/c1-3-5-4-2/h3-4H,1-2H3. The van der Waals surface area contributed by atoms with Crippen LogP contribution in [0.4, 0.5) is 0 Å². The fourth-order valence-electron chi connectivity index (χ4n) is 0.144. The van der Waals surface area contributed by atoms with Gasteiger partial charge in [-0.05, 0) is 6.66 Å². The molecule has 0 nitrogen and oxygen atoms in total. The summed E-state index contributed by atoms with van der Waals surface area (Å²) in [6, 6.07) is 0. The van der Waals surface area contributed by atoms with Crippen LogP contribution in [0.2, 0.25) is 6.82 Å². The zero-order valence-corrected chi connectivity index (χ0v) is 5.43. The Balaban J connectivity index is 2.19. The lowest BCUT2D eigenvalue weighted by Gasteiger charge is -1.79. The normalized spacial score (nSPS) is 10.0. The van der Waals surface area contributed by atoms with Crippen molar-refractivity contribution in [1.82, 2.24) is 0 Å². The maximum absolute atomic E-state index is 2.20. The molecule has 5 heavy (non-hydrogen) atoms. The van der Waals surface area contributed by atoms with Gasteiger partial charge in [-0.3, -0.25) is 0 Å². The molecular formula is C2H8BPS. The molecule has 1 atom stereocenters. The van der Waals surface area contributed by atoms with E-state index >= 15 is 0 Å². The van der Waals surface area contributed by atoms with Gasteiger partial charge >= 0.3 is 0 Å². The highest BCUT2D eigenvalue weighted by Gasteiger charge is 1.70. The van der Waals surface area contributed by atoms with Gasteiger partial charge in [0.1, 0.15) is 0 Å². The van der Waals surface area contributed by atoms with Gasteiger partial charge in [0.25, 0.3) is 0 Å². The zero-order chi connectivity index (χ0) is 4.12. The third-order valence-corrected chi connectivity index (χ3v) is 2.60. The average Bonchev–Trinajstić information content (AvgIpc) is 1.41. The van der Waals surface area contributed by atoms with Crippen molar-refractivity contribution in [2.75, 3.05) is 6.66 Å². The van der Waals surface area contributed by atoms with E-state index in [9.17, 15) is 0 Å².